The Morgan fingerprint density at radius 2 is 2.18 bits per heavy atom. The molecule has 5 heteroatoms. The number of halogens is 2. The molecule has 0 aromatic heterocycles. The Kier molecular flexibility index (Phi) is 4.89. The summed E-state index contributed by atoms with van der Waals surface area (Å²) < 4.78 is 18.9. The van der Waals surface area contributed by atoms with Crippen LogP contribution in [0.1, 0.15) is 19.4 Å². The van der Waals surface area contributed by atoms with Crippen LogP contribution in [-0.2, 0) is 11.2 Å². The van der Waals surface area contributed by atoms with Crippen LogP contribution < -0.4 is 11.3 Å². The van der Waals surface area contributed by atoms with Gasteiger partial charge in [0.2, 0.25) is 0 Å². The lowest BCUT2D eigenvalue weighted by atomic mass is 9.92. The van der Waals surface area contributed by atoms with E-state index in [4.69, 9.17) is 22.2 Å². The van der Waals surface area contributed by atoms with Crippen LogP contribution in [0.25, 0.3) is 0 Å². The molecule has 0 saturated heterocycles. The maximum absolute atomic E-state index is 13.6. The molecule has 0 amide bonds. The van der Waals surface area contributed by atoms with E-state index in [0.29, 0.717) is 17.0 Å². The quantitative estimate of drug-likeness (QED) is 0.631. The molecule has 96 valence electrons. The molecule has 1 aromatic carbocycles. The predicted molar refractivity (Wildman–Crippen MR) is 67.3 cm³/mol. The van der Waals surface area contributed by atoms with Gasteiger partial charge in [0.1, 0.15) is 5.82 Å². The summed E-state index contributed by atoms with van der Waals surface area (Å²) in [6.45, 7) is 3.78. The second kappa shape index (κ2) is 5.78. The van der Waals surface area contributed by atoms with Crippen molar-refractivity contribution in [2.24, 2.45) is 5.84 Å². The van der Waals surface area contributed by atoms with Crippen molar-refractivity contribution in [2.75, 3.05) is 7.11 Å². The van der Waals surface area contributed by atoms with Crippen molar-refractivity contribution in [3.63, 3.8) is 0 Å². The monoisotopic (exact) mass is 260 g/mol. The molecule has 0 fully saturated rings. The first kappa shape index (κ1) is 14.4. The second-order valence-electron chi connectivity index (χ2n) is 4.47. The van der Waals surface area contributed by atoms with E-state index in [2.05, 4.69) is 5.43 Å². The fraction of sp³-hybridized carbons (Fsp3) is 0.500. The van der Waals surface area contributed by atoms with Crippen molar-refractivity contribution in [2.45, 2.75) is 31.9 Å². The first-order valence-corrected chi connectivity index (χ1v) is 5.73. The van der Waals surface area contributed by atoms with Crippen LogP contribution in [0, 0.1) is 5.82 Å². The number of hydrazine groups is 1. The molecule has 1 rings (SSSR count). The zero-order valence-corrected chi connectivity index (χ0v) is 11.0. The number of rotatable bonds is 5. The van der Waals surface area contributed by atoms with Crippen molar-refractivity contribution in [3.8, 4) is 0 Å². The largest absolute Gasteiger partial charge is 0.377 e. The van der Waals surface area contributed by atoms with E-state index in [1.807, 2.05) is 13.8 Å². The summed E-state index contributed by atoms with van der Waals surface area (Å²) in [4.78, 5) is 0. The molecule has 0 heterocycles. The molecule has 0 bridgehead atoms. The van der Waals surface area contributed by atoms with Crippen LogP contribution in [0.3, 0.4) is 0 Å². The van der Waals surface area contributed by atoms with E-state index in [-0.39, 0.29) is 11.9 Å². The highest BCUT2D eigenvalue weighted by Gasteiger charge is 2.29. The van der Waals surface area contributed by atoms with E-state index in [9.17, 15) is 4.39 Å². The van der Waals surface area contributed by atoms with Crippen molar-refractivity contribution in [1.82, 2.24) is 5.43 Å². The fourth-order valence-corrected chi connectivity index (χ4v) is 1.76. The Morgan fingerprint density at radius 1 is 1.53 bits per heavy atom. The number of nitrogens with one attached hydrogen (secondary N) is 1. The zero-order chi connectivity index (χ0) is 13.1. The number of hydrogen-bond donors (Lipinski definition) is 2. The molecule has 17 heavy (non-hydrogen) atoms. The average Bonchev–Trinajstić information content (AvgIpc) is 2.30. The van der Waals surface area contributed by atoms with E-state index < -0.39 is 5.60 Å². The minimum Gasteiger partial charge on any atom is -0.377 e. The molecule has 3 N–H and O–H groups in total. The van der Waals surface area contributed by atoms with Crippen LogP contribution >= 0.6 is 11.6 Å². The highest BCUT2D eigenvalue weighted by atomic mass is 35.5. The van der Waals surface area contributed by atoms with Crippen molar-refractivity contribution in [3.05, 3.63) is 34.6 Å². The standard InChI is InChI=1S/C12H18ClFN2O/c1-12(2,17-3)11(16-15)7-8-6-9(13)4-5-10(8)14/h4-6,11,16H,7,15H2,1-3H3. The van der Waals surface area contributed by atoms with Gasteiger partial charge in [-0.05, 0) is 44.0 Å². The Hall–Kier alpha value is -0.680. The summed E-state index contributed by atoms with van der Waals surface area (Å²) in [6, 6.07) is 4.27. The molecule has 0 spiro atoms. The van der Waals surface area contributed by atoms with Gasteiger partial charge in [-0.3, -0.25) is 11.3 Å². The van der Waals surface area contributed by atoms with E-state index >= 15 is 0 Å². The van der Waals surface area contributed by atoms with Crippen molar-refractivity contribution in [1.29, 1.82) is 0 Å². The molecule has 0 radical (unpaired) electrons. The van der Waals surface area contributed by atoms with E-state index in [1.54, 1.807) is 13.2 Å². The lowest BCUT2D eigenvalue weighted by molar-refractivity contribution is -0.0102. The maximum Gasteiger partial charge on any atom is 0.126 e. The Bertz CT molecular complexity index is 385. The van der Waals surface area contributed by atoms with Gasteiger partial charge in [0.15, 0.2) is 0 Å². The Morgan fingerprint density at radius 3 is 2.71 bits per heavy atom. The Labute approximate surface area is 106 Å². The van der Waals surface area contributed by atoms with Gasteiger partial charge < -0.3 is 4.74 Å². The lowest BCUT2D eigenvalue weighted by Gasteiger charge is -2.32. The minimum atomic E-state index is -0.497. The Balaban J connectivity index is 2.91. The SMILES string of the molecule is COC(C)(C)C(Cc1cc(Cl)ccc1F)NN. The van der Waals surface area contributed by atoms with Crippen LogP contribution in [0.4, 0.5) is 4.39 Å². The number of methoxy groups -OCH3 is 1. The van der Waals surface area contributed by atoms with E-state index in [0.717, 1.165) is 0 Å². The van der Waals surface area contributed by atoms with Gasteiger partial charge in [-0.1, -0.05) is 11.6 Å². The van der Waals surface area contributed by atoms with Crippen LogP contribution in [0.2, 0.25) is 5.02 Å². The molecule has 1 atom stereocenters. The third-order valence-corrected chi connectivity index (χ3v) is 3.23. The van der Waals surface area contributed by atoms with Gasteiger partial charge in [-0.2, -0.15) is 0 Å². The summed E-state index contributed by atoms with van der Waals surface area (Å²) in [5, 5.41) is 0.507. The molecule has 0 aliphatic heterocycles. The van der Waals surface area contributed by atoms with Gasteiger partial charge in [0, 0.05) is 12.1 Å². The maximum atomic E-state index is 13.6. The molecule has 1 unspecified atom stereocenters. The van der Waals surface area contributed by atoms with Gasteiger partial charge in [-0.15, -0.1) is 0 Å². The van der Waals surface area contributed by atoms with Crippen LogP contribution in [0.5, 0.6) is 0 Å². The summed E-state index contributed by atoms with van der Waals surface area (Å²) in [5.74, 6) is 5.19. The van der Waals surface area contributed by atoms with Gasteiger partial charge >= 0.3 is 0 Å². The normalized spacial score (nSPS) is 13.8. The zero-order valence-electron chi connectivity index (χ0n) is 10.3. The number of benzene rings is 1. The summed E-state index contributed by atoms with van der Waals surface area (Å²) in [7, 11) is 1.60. The van der Waals surface area contributed by atoms with Crippen LogP contribution in [0.15, 0.2) is 18.2 Å². The van der Waals surface area contributed by atoms with Crippen LogP contribution in [-0.4, -0.2) is 18.8 Å². The molecule has 0 aliphatic carbocycles. The summed E-state index contributed by atoms with van der Waals surface area (Å²) in [6.07, 6.45) is 0.406. The van der Waals surface area contributed by atoms with Gasteiger partial charge in [-0.25, -0.2) is 4.39 Å². The predicted octanol–water partition coefficient (Wildman–Crippen LogP) is 2.28. The number of ether oxygens (including phenoxy) is 1. The molecule has 3 nitrogen and oxygen atoms in total. The third-order valence-electron chi connectivity index (χ3n) is 3.00. The average molecular weight is 261 g/mol. The number of nitrogens with two attached hydrogens (primary N) is 1. The third kappa shape index (κ3) is 3.64. The van der Waals surface area contributed by atoms with Crippen molar-refractivity contribution >= 4 is 11.6 Å². The highest BCUT2D eigenvalue weighted by molar-refractivity contribution is 6.30. The van der Waals surface area contributed by atoms with Gasteiger partial charge in [0.25, 0.3) is 0 Å². The smallest absolute Gasteiger partial charge is 0.126 e. The molecule has 0 saturated carbocycles. The second-order valence-corrected chi connectivity index (χ2v) is 4.90. The molecular weight excluding hydrogens is 243 g/mol. The molecular formula is C12H18ClFN2O. The summed E-state index contributed by atoms with van der Waals surface area (Å²) >= 11 is 5.84. The molecule has 1 aromatic rings. The minimum absolute atomic E-state index is 0.208. The van der Waals surface area contributed by atoms with Gasteiger partial charge in [0.05, 0.1) is 11.6 Å². The summed E-state index contributed by atoms with van der Waals surface area (Å²) in [5.41, 5.74) is 2.68. The molecule has 0 aliphatic rings. The first-order valence-electron chi connectivity index (χ1n) is 5.36. The topological polar surface area (TPSA) is 47.3 Å². The van der Waals surface area contributed by atoms with Crippen molar-refractivity contribution < 1.29 is 9.13 Å². The van der Waals surface area contributed by atoms with E-state index in [1.165, 1.54) is 12.1 Å². The lowest BCUT2D eigenvalue weighted by Crippen LogP contribution is -2.52. The number of hydrogen-bond acceptors (Lipinski definition) is 3. The highest BCUT2D eigenvalue weighted by Crippen LogP contribution is 2.21. The first-order chi connectivity index (χ1) is 7.90. The fourth-order valence-electron chi connectivity index (χ4n) is 1.57.